The molecule has 5 rings (SSSR count). The number of piperidine rings is 1. The second-order valence-corrected chi connectivity index (χ2v) is 7.51. The summed E-state index contributed by atoms with van der Waals surface area (Å²) in [6.45, 7) is 0. The van der Waals surface area contributed by atoms with E-state index in [9.17, 15) is 4.79 Å². The van der Waals surface area contributed by atoms with Gasteiger partial charge in [0.1, 0.15) is 6.10 Å². The summed E-state index contributed by atoms with van der Waals surface area (Å²) in [5.41, 5.74) is 1.73. The summed E-state index contributed by atoms with van der Waals surface area (Å²) < 4.78 is 6.05. The molecular weight excluding hydrogens is 352 g/mol. The van der Waals surface area contributed by atoms with Crippen molar-refractivity contribution in [3.05, 3.63) is 60.9 Å². The number of aromatic nitrogens is 2. The molecule has 1 N–H and O–H groups in total. The van der Waals surface area contributed by atoms with Gasteiger partial charge >= 0.3 is 6.03 Å². The smallest absolute Gasteiger partial charge is 0.322 e. The summed E-state index contributed by atoms with van der Waals surface area (Å²) in [7, 11) is 0. The molecule has 2 amide bonds. The van der Waals surface area contributed by atoms with Crippen LogP contribution in [0.15, 0.2) is 60.9 Å². The summed E-state index contributed by atoms with van der Waals surface area (Å²) in [4.78, 5) is 23.6. The Morgan fingerprint density at radius 2 is 1.82 bits per heavy atom. The highest BCUT2D eigenvalue weighted by Crippen LogP contribution is 2.37. The van der Waals surface area contributed by atoms with Crippen molar-refractivity contribution in [2.75, 3.05) is 5.32 Å². The van der Waals surface area contributed by atoms with E-state index >= 15 is 0 Å². The van der Waals surface area contributed by atoms with Gasteiger partial charge in [0.2, 0.25) is 5.88 Å². The molecule has 2 bridgehead atoms. The average Bonchev–Trinajstić information content (AvgIpc) is 2.99. The molecule has 28 heavy (non-hydrogen) atoms. The summed E-state index contributed by atoms with van der Waals surface area (Å²) in [5.74, 6) is 0.662. The number of benzene rings is 1. The Morgan fingerprint density at radius 1 is 1.00 bits per heavy atom. The number of carbonyl (C=O) groups is 1. The van der Waals surface area contributed by atoms with E-state index in [4.69, 9.17) is 4.74 Å². The molecule has 6 nitrogen and oxygen atoms in total. The zero-order valence-electron chi connectivity index (χ0n) is 15.5. The fourth-order valence-electron chi connectivity index (χ4n) is 4.48. The van der Waals surface area contributed by atoms with Crippen LogP contribution in [0.5, 0.6) is 5.88 Å². The number of carbonyl (C=O) groups excluding carboxylic acids is 1. The number of pyridine rings is 2. The first-order valence-corrected chi connectivity index (χ1v) is 9.78. The Bertz CT molecular complexity index is 980. The lowest BCUT2D eigenvalue weighted by Crippen LogP contribution is -2.50. The summed E-state index contributed by atoms with van der Waals surface area (Å²) in [6, 6.07) is 15.8. The third kappa shape index (κ3) is 3.26. The fourth-order valence-corrected chi connectivity index (χ4v) is 4.48. The maximum absolute atomic E-state index is 13.0. The monoisotopic (exact) mass is 374 g/mol. The van der Waals surface area contributed by atoms with Gasteiger partial charge in [-0.3, -0.25) is 4.98 Å². The van der Waals surface area contributed by atoms with Crippen molar-refractivity contribution in [3.63, 3.8) is 0 Å². The van der Waals surface area contributed by atoms with Crippen LogP contribution in [-0.2, 0) is 0 Å². The highest BCUT2D eigenvalue weighted by atomic mass is 16.5. The van der Waals surface area contributed by atoms with E-state index in [1.807, 2.05) is 53.4 Å². The van der Waals surface area contributed by atoms with Crippen molar-refractivity contribution >= 4 is 22.6 Å². The minimum atomic E-state index is -0.0213. The van der Waals surface area contributed by atoms with Crippen molar-refractivity contribution in [3.8, 4) is 5.88 Å². The van der Waals surface area contributed by atoms with Crippen LogP contribution < -0.4 is 10.1 Å². The second kappa shape index (κ2) is 7.11. The summed E-state index contributed by atoms with van der Waals surface area (Å²) >= 11 is 0. The highest BCUT2D eigenvalue weighted by Gasteiger charge is 2.44. The van der Waals surface area contributed by atoms with Gasteiger partial charge in [-0.2, -0.15) is 0 Å². The Labute approximate surface area is 163 Å². The van der Waals surface area contributed by atoms with Crippen LogP contribution in [0, 0.1) is 0 Å². The number of hydrogen-bond acceptors (Lipinski definition) is 4. The van der Waals surface area contributed by atoms with E-state index in [0.29, 0.717) is 5.88 Å². The Hall–Kier alpha value is -3.15. The minimum Gasteiger partial charge on any atom is -0.474 e. The molecule has 2 unspecified atom stereocenters. The third-order valence-corrected chi connectivity index (χ3v) is 5.70. The molecule has 0 spiro atoms. The molecule has 0 saturated carbocycles. The number of rotatable bonds is 3. The predicted octanol–water partition coefficient (Wildman–Crippen LogP) is 4.24. The second-order valence-electron chi connectivity index (χ2n) is 7.51. The number of fused-ring (bicyclic) bond motifs is 3. The first kappa shape index (κ1) is 17.0. The average molecular weight is 374 g/mol. The predicted molar refractivity (Wildman–Crippen MR) is 107 cm³/mol. The topological polar surface area (TPSA) is 67.4 Å². The molecule has 142 valence electrons. The van der Waals surface area contributed by atoms with Gasteiger partial charge in [0.25, 0.3) is 0 Å². The molecule has 2 aromatic heterocycles. The van der Waals surface area contributed by atoms with Crippen LogP contribution in [0.1, 0.15) is 25.7 Å². The molecule has 4 heterocycles. The molecule has 0 radical (unpaired) electrons. The molecular formula is C22H22N4O2. The van der Waals surface area contributed by atoms with Gasteiger partial charge in [0.15, 0.2) is 0 Å². The van der Waals surface area contributed by atoms with Gasteiger partial charge < -0.3 is 15.0 Å². The van der Waals surface area contributed by atoms with Crippen molar-refractivity contribution < 1.29 is 9.53 Å². The van der Waals surface area contributed by atoms with Crippen LogP contribution >= 0.6 is 0 Å². The molecule has 2 fully saturated rings. The first-order valence-electron chi connectivity index (χ1n) is 9.78. The molecule has 2 aliphatic rings. The number of nitrogens with one attached hydrogen (secondary N) is 1. The molecule has 3 aromatic rings. The van der Waals surface area contributed by atoms with Crippen molar-refractivity contribution in [2.24, 2.45) is 0 Å². The van der Waals surface area contributed by atoms with Crippen LogP contribution in [-0.4, -0.2) is 39.1 Å². The zero-order valence-corrected chi connectivity index (χ0v) is 15.5. The molecule has 2 aliphatic heterocycles. The molecule has 0 aliphatic carbocycles. The van der Waals surface area contributed by atoms with Gasteiger partial charge in [-0.1, -0.05) is 12.1 Å². The van der Waals surface area contributed by atoms with Crippen LogP contribution in [0.25, 0.3) is 10.9 Å². The summed E-state index contributed by atoms with van der Waals surface area (Å²) in [5, 5.41) is 4.09. The lowest BCUT2D eigenvalue weighted by molar-refractivity contribution is 0.0704. The number of nitrogens with zero attached hydrogens (tertiary/aromatic N) is 3. The SMILES string of the molecule is O=C(Nc1ccc2ncccc2c1)N1C2CCC1CC(Oc1ccccn1)C2. The molecule has 1 aromatic carbocycles. The van der Waals surface area contributed by atoms with E-state index < -0.39 is 0 Å². The normalized spacial score (nSPS) is 23.6. The number of anilines is 1. The largest absolute Gasteiger partial charge is 0.474 e. The lowest BCUT2D eigenvalue weighted by atomic mass is 10.00. The summed E-state index contributed by atoms with van der Waals surface area (Å²) in [6.07, 6.45) is 7.39. The Balaban J connectivity index is 1.27. The standard InChI is InChI=1S/C22H22N4O2/c27-22(25-16-6-9-20-15(12-16)4-3-11-23-20)26-17-7-8-18(26)14-19(13-17)28-21-5-1-2-10-24-21/h1-6,9-12,17-19H,7-8,13-14H2,(H,25,27). The third-order valence-electron chi connectivity index (χ3n) is 5.70. The molecule has 2 atom stereocenters. The van der Waals surface area contributed by atoms with Crippen molar-refractivity contribution in [2.45, 2.75) is 43.9 Å². The van der Waals surface area contributed by atoms with E-state index in [2.05, 4.69) is 15.3 Å². The van der Waals surface area contributed by atoms with Crippen LogP contribution in [0.4, 0.5) is 10.5 Å². The highest BCUT2D eigenvalue weighted by molar-refractivity contribution is 5.93. The van der Waals surface area contributed by atoms with Gasteiger partial charge in [-0.25, -0.2) is 9.78 Å². The van der Waals surface area contributed by atoms with Gasteiger partial charge in [-0.15, -0.1) is 0 Å². The van der Waals surface area contributed by atoms with Crippen molar-refractivity contribution in [1.29, 1.82) is 0 Å². The minimum absolute atomic E-state index is 0.0213. The van der Waals surface area contributed by atoms with Gasteiger partial charge in [-0.05, 0) is 43.2 Å². The Kier molecular flexibility index (Phi) is 4.31. The van der Waals surface area contributed by atoms with Gasteiger partial charge in [0.05, 0.1) is 5.52 Å². The Morgan fingerprint density at radius 3 is 2.61 bits per heavy atom. The lowest BCUT2D eigenvalue weighted by Gasteiger charge is -2.38. The first-order chi connectivity index (χ1) is 13.8. The van der Waals surface area contributed by atoms with Crippen LogP contribution in [0.3, 0.4) is 0 Å². The maximum atomic E-state index is 13.0. The quantitative estimate of drug-likeness (QED) is 0.745. The van der Waals surface area contributed by atoms with E-state index in [1.165, 1.54) is 0 Å². The maximum Gasteiger partial charge on any atom is 0.322 e. The number of ether oxygens (including phenoxy) is 1. The van der Waals surface area contributed by atoms with Crippen LogP contribution in [0.2, 0.25) is 0 Å². The van der Waals surface area contributed by atoms with E-state index in [1.54, 1.807) is 12.4 Å². The van der Waals surface area contributed by atoms with Gasteiger partial charge in [0, 0.05) is 54.5 Å². The van der Waals surface area contributed by atoms with E-state index in [-0.39, 0.29) is 24.2 Å². The number of hydrogen-bond donors (Lipinski definition) is 1. The zero-order chi connectivity index (χ0) is 18.9. The van der Waals surface area contributed by atoms with Crippen molar-refractivity contribution in [1.82, 2.24) is 14.9 Å². The number of urea groups is 1. The number of amides is 2. The van der Waals surface area contributed by atoms with E-state index in [0.717, 1.165) is 42.3 Å². The molecule has 6 heteroatoms. The fraction of sp³-hybridized carbons (Fsp3) is 0.318. The molecule has 2 saturated heterocycles.